The van der Waals surface area contributed by atoms with E-state index >= 15 is 0 Å². The van der Waals surface area contributed by atoms with Crippen LogP contribution in [0.3, 0.4) is 0 Å². The van der Waals surface area contributed by atoms with Gasteiger partial charge in [-0.05, 0) is 122 Å². The molecule has 0 aromatic heterocycles. The molecule has 7 unspecified atom stereocenters. The number of aliphatic hydroxyl groups is 5. The second-order valence-electron chi connectivity index (χ2n) is 22.9. The van der Waals surface area contributed by atoms with Crippen molar-refractivity contribution < 1.29 is 39.8 Å². The van der Waals surface area contributed by atoms with Crippen LogP contribution in [-0.4, -0.2) is 87.5 Å². The molecule has 9 heteroatoms. The molecule has 1 amide bonds. The van der Waals surface area contributed by atoms with E-state index in [0.29, 0.717) is 12.8 Å². The van der Waals surface area contributed by atoms with Crippen LogP contribution in [0.2, 0.25) is 0 Å². The first-order valence-corrected chi connectivity index (χ1v) is 34.2. The number of amides is 1. The van der Waals surface area contributed by atoms with Gasteiger partial charge in [0.25, 0.3) is 0 Å². The minimum Gasteiger partial charge on any atom is -0.394 e. The number of rotatable bonds is 57. The lowest BCUT2D eigenvalue weighted by Gasteiger charge is -2.40. The maximum Gasteiger partial charge on any atom is 0.220 e. The van der Waals surface area contributed by atoms with Crippen molar-refractivity contribution in [2.75, 3.05) is 13.2 Å². The zero-order valence-electron chi connectivity index (χ0n) is 53.8. The number of nitrogens with one attached hydrogen (secondary N) is 1. The summed E-state index contributed by atoms with van der Waals surface area (Å²) in [5, 5.41) is 54.6. The number of hydrogen-bond acceptors (Lipinski definition) is 8. The van der Waals surface area contributed by atoms with E-state index in [1.54, 1.807) is 6.08 Å². The van der Waals surface area contributed by atoms with E-state index in [4.69, 9.17) is 9.47 Å². The van der Waals surface area contributed by atoms with Gasteiger partial charge in [-0.3, -0.25) is 4.79 Å². The first kappa shape index (κ1) is 78.8. The van der Waals surface area contributed by atoms with Gasteiger partial charge in [-0.25, -0.2) is 0 Å². The zero-order chi connectivity index (χ0) is 61.4. The Hall–Kier alpha value is -4.19. The van der Waals surface area contributed by atoms with E-state index in [-0.39, 0.29) is 18.9 Å². The molecule has 0 aromatic carbocycles. The van der Waals surface area contributed by atoms with E-state index < -0.39 is 49.5 Å². The number of carbonyl (C=O) groups excluding carboxylic acids is 1. The number of ether oxygens (including phenoxy) is 2. The summed E-state index contributed by atoms with van der Waals surface area (Å²) in [5.41, 5.74) is 0. The van der Waals surface area contributed by atoms with Crippen molar-refractivity contribution in [1.29, 1.82) is 0 Å². The molecule has 1 heterocycles. The Bertz CT molecular complexity index is 1900. The van der Waals surface area contributed by atoms with Crippen LogP contribution >= 0.6 is 0 Å². The molecule has 0 aliphatic carbocycles. The molecule has 1 saturated heterocycles. The minimum atomic E-state index is -1.59. The molecule has 482 valence electrons. The fraction of sp³-hybridized carbons (Fsp3) is 0.645. The molecule has 1 aliphatic rings. The molecular formula is C76H125NO8. The van der Waals surface area contributed by atoms with Crippen molar-refractivity contribution in [2.24, 2.45) is 0 Å². The van der Waals surface area contributed by atoms with Crippen molar-refractivity contribution in [3.8, 4) is 0 Å². The third kappa shape index (κ3) is 51.6. The van der Waals surface area contributed by atoms with Gasteiger partial charge < -0.3 is 40.3 Å². The van der Waals surface area contributed by atoms with E-state index in [1.165, 1.54) is 122 Å². The monoisotopic (exact) mass is 1180 g/mol. The summed E-state index contributed by atoms with van der Waals surface area (Å²) >= 11 is 0. The summed E-state index contributed by atoms with van der Waals surface area (Å²) in [6.07, 6.45) is 92.0. The van der Waals surface area contributed by atoms with Crippen LogP contribution in [0.1, 0.15) is 258 Å². The van der Waals surface area contributed by atoms with Crippen LogP contribution in [0.25, 0.3) is 0 Å². The quantitative estimate of drug-likeness (QED) is 0.0261. The summed E-state index contributed by atoms with van der Waals surface area (Å²) in [5.74, 6) is -0.238. The fourth-order valence-electron chi connectivity index (χ4n) is 9.75. The van der Waals surface area contributed by atoms with Crippen LogP contribution in [0.4, 0.5) is 0 Å². The third-order valence-corrected chi connectivity index (χ3v) is 15.1. The van der Waals surface area contributed by atoms with Crippen LogP contribution in [0.5, 0.6) is 0 Å². The molecular weight excluding hydrogens is 1050 g/mol. The first-order valence-electron chi connectivity index (χ1n) is 34.2. The molecule has 0 bridgehead atoms. The van der Waals surface area contributed by atoms with Gasteiger partial charge in [0.1, 0.15) is 24.4 Å². The van der Waals surface area contributed by atoms with Gasteiger partial charge in [0.15, 0.2) is 6.29 Å². The molecule has 85 heavy (non-hydrogen) atoms. The number of aliphatic hydroxyl groups excluding tert-OH is 5. The summed E-state index contributed by atoms with van der Waals surface area (Å²) in [6, 6.07) is -0.866. The highest BCUT2D eigenvalue weighted by Crippen LogP contribution is 2.23. The summed E-state index contributed by atoms with van der Waals surface area (Å²) in [6.45, 7) is 3.63. The molecule has 1 aliphatic heterocycles. The smallest absolute Gasteiger partial charge is 0.220 e. The van der Waals surface area contributed by atoms with Gasteiger partial charge in [-0.1, -0.05) is 287 Å². The maximum atomic E-state index is 13.1. The Balaban J connectivity index is 2.26. The molecule has 0 radical (unpaired) electrons. The predicted octanol–water partition coefficient (Wildman–Crippen LogP) is 18.7. The van der Waals surface area contributed by atoms with Gasteiger partial charge in [0.05, 0.1) is 25.4 Å². The van der Waals surface area contributed by atoms with Gasteiger partial charge in [0, 0.05) is 6.42 Å². The molecule has 1 rings (SSSR count). The highest BCUT2D eigenvalue weighted by molar-refractivity contribution is 5.76. The van der Waals surface area contributed by atoms with Crippen molar-refractivity contribution in [1.82, 2.24) is 5.32 Å². The Kier molecular flexibility index (Phi) is 58.3. The van der Waals surface area contributed by atoms with Gasteiger partial charge in [0.2, 0.25) is 5.91 Å². The number of carbonyl (C=O) groups is 1. The lowest BCUT2D eigenvalue weighted by atomic mass is 9.99. The van der Waals surface area contributed by atoms with Gasteiger partial charge >= 0.3 is 0 Å². The average Bonchev–Trinajstić information content (AvgIpc) is 3.68. The standard InChI is InChI=1S/C76H125NO8/c1-3-5-7-9-11-13-15-17-19-21-23-25-27-29-31-33-34-35-36-38-40-42-44-46-48-50-52-54-56-58-60-62-64-66-72(80)77-69(68-84-76-75(83)74(82)73(81)71(67-78)85-76)70(79)65-63-61-59-57-55-53-51-49-47-45-43-41-39-37-32-30-28-26-24-22-20-18-16-14-12-10-8-6-4-2/h5,7,11,13,17,19,23,25,29,31,34-35,38,40,44,46-47,49-50,52,55-58,63,65,69-71,73-76,78-79,81-83H,3-4,6,8-10,12,14-16,18,20-22,24,26-28,30,32-33,36-37,39,41-43,45,48,51,53-54,59-62,64,66-68H2,1-2H3,(H,77,80)/b7-5-,13-11-,19-17-,25-23-,31-29-,35-34-,40-38-,46-44-,49-47+,52-50-,57-55+,58-56-,65-63+. The van der Waals surface area contributed by atoms with Crippen molar-refractivity contribution >= 4 is 5.91 Å². The molecule has 9 nitrogen and oxygen atoms in total. The van der Waals surface area contributed by atoms with E-state index in [9.17, 15) is 30.3 Å². The van der Waals surface area contributed by atoms with Crippen LogP contribution in [0, 0.1) is 0 Å². The van der Waals surface area contributed by atoms with Crippen molar-refractivity contribution in [3.05, 3.63) is 158 Å². The van der Waals surface area contributed by atoms with Crippen molar-refractivity contribution in [3.63, 3.8) is 0 Å². The Morgan fingerprint density at radius 2 is 0.741 bits per heavy atom. The number of allylic oxidation sites excluding steroid dienone is 25. The zero-order valence-corrected chi connectivity index (χ0v) is 53.8. The number of hydrogen-bond donors (Lipinski definition) is 6. The largest absolute Gasteiger partial charge is 0.394 e. The maximum absolute atomic E-state index is 13.1. The Morgan fingerprint density at radius 3 is 1.13 bits per heavy atom. The average molecular weight is 1180 g/mol. The SMILES string of the molecule is CC/C=C\C/C=C\C/C=C\C/C=C\C/C=C\C/C=C\C/C=C\C/C=C\C/C=C\C/C=C\CCCCC(=O)NC(COC1OC(CO)C(O)C(O)C1O)C(O)/C=C/CC/C=C/CC/C=C/CCCCCCCCCCCCCCCCCCCCC. The third-order valence-electron chi connectivity index (χ3n) is 15.1. The summed E-state index contributed by atoms with van der Waals surface area (Å²) < 4.78 is 11.3. The van der Waals surface area contributed by atoms with E-state index in [2.05, 4.69) is 165 Å². The lowest BCUT2D eigenvalue weighted by Crippen LogP contribution is -2.60. The second kappa shape index (κ2) is 62.8. The minimum absolute atomic E-state index is 0.234. The van der Waals surface area contributed by atoms with E-state index in [1.807, 2.05) is 6.08 Å². The first-order chi connectivity index (χ1) is 41.8. The van der Waals surface area contributed by atoms with E-state index in [0.717, 1.165) is 103 Å². The highest BCUT2D eigenvalue weighted by atomic mass is 16.7. The summed E-state index contributed by atoms with van der Waals surface area (Å²) in [4.78, 5) is 13.1. The second-order valence-corrected chi connectivity index (χ2v) is 22.9. The lowest BCUT2D eigenvalue weighted by molar-refractivity contribution is -0.302. The Morgan fingerprint density at radius 1 is 0.412 bits per heavy atom. The molecule has 7 atom stereocenters. The molecule has 0 aromatic rings. The topological polar surface area (TPSA) is 149 Å². The number of unbranched alkanes of at least 4 members (excludes halogenated alkanes) is 23. The van der Waals surface area contributed by atoms with Gasteiger partial charge in [-0.2, -0.15) is 0 Å². The molecule has 0 spiro atoms. The fourth-order valence-corrected chi connectivity index (χ4v) is 9.75. The van der Waals surface area contributed by atoms with Crippen LogP contribution in [-0.2, 0) is 14.3 Å². The highest BCUT2D eigenvalue weighted by Gasteiger charge is 2.44. The molecule has 6 N–H and O–H groups in total. The Labute approximate surface area is 520 Å². The van der Waals surface area contributed by atoms with Crippen LogP contribution in [0.15, 0.2) is 158 Å². The summed E-state index contributed by atoms with van der Waals surface area (Å²) in [7, 11) is 0. The normalized spacial score (nSPS) is 19.2. The van der Waals surface area contributed by atoms with Crippen LogP contribution < -0.4 is 5.32 Å². The van der Waals surface area contributed by atoms with Gasteiger partial charge in [-0.15, -0.1) is 0 Å². The predicted molar refractivity (Wildman–Crippen MR) is 363 cm³/mol. The van der Waals surface area contributed by atoms with Crippen molar-refractivity contribution in [2.45, 2.75) is 301 Å². The molecule has 0 saturated carbocycles. The molecule has 1 fully saturated rings.